The van der Waals surface area contributed by atoms with E-state index < -0.39 is 9.84 Å². The van der Waals surface area contributed by atoms with Crippen LogP contribution in [0.1, 0.15) is 10.4 Å². The summed E-state index contributed by atoms with van der Waals surface area (Å²) in [4.78, 5) is 13.5. The second kappa shape index (κ2) is 6.87. The summed E-state index contributed by atoms with van der Waals surface area (Å²) < 4.78 is 27.0. The van der Waals surface area contributed by atoms with Crippen LogP contribution < -0.4 is 10.9 Å². The van der Waals surface area contributed by atoms with Crippen molar-refractivity contribution in [3.05, 3.63) is 62.2 Å². The Morgan fingerprint density at radius 1 is 1.26 bits per heavy atom. The Kier molecular flexibility index (Phi) is 4.67. The number of benzene rings is 1. The third-order valence-electron chi connectivity index (χ3n) is 4.36. The van der Waals surface area contributed by atoms with Crippen molar-refractivity contribution in [2.24, 2.45) is 0 Å². The summed E-state index contributed by atoms with van der Waals surface area (Å²) in [6.07, 6.45) is 0.268. The van der Waals surface area contributed by atoms with Gasteiger partial charge in [-0.25, -0.2) is 8.42 Å². The smallest absolute Gasteiger partial charge is 0.271 e. The van der Waals surface area contributed by atoms with E-state index in [0.29, 0.717) is 38.3 Å². The number of hydrogen-bond acceptors (Lipinski definition) is 6. The van der Waals surface area contributed by atoms with Gasteiger partial charge in [0.25, 0.3) is 5.56 Å². The average Bonchev–Trinajstić information content (AvgIpc) is 3.02. The zero-order valence-corrected chi connectivity index (χ0v) is 16.8. The first-order chi connectivity index (χ1) is 12.9. The number of sulfone groups is 1. The van der Waals surface area contributed by atoms with Gasteiger partial charge in [0.1, 0.15) is 4.21 Å². The molecule has 6 nitrogen and oxygen atoms in total. The molecule has 1 aromatic carbocycles. The minimum Gasteiger partial charge on any atom is -0.315 e. The predicted molar refractivity (Wildman–Crippen MR) is 107 cm³/mol. The van der Waals surface area contributed by atoms with E-state index in [4.69, 9.17) is 11.6 Å². The quantitative estimate of drug-likeness (QED) is 0.703. The fourth-order valence-corrected chi connectivity index (χ4v) is 6.36. The van der Waals surface area contributed by atoms with Crippen LogP contribution in [-0.4, -0.2) is 31.0 Å². The molecule has 3 heterocycles. The molecule has 0 aliphatic carbocycles. The van der Waals surface area contributed by atoms with E-state index >= 15 is 0 Å². The minimum absolute atomic E-state index is 0.0292. The Labute approximate surface area is 165 Å². The monoisotopic (exact) mass is 421 g/mol. The number of halogens is 1. The van der Waals surface area contributed by atoms with Crippen molar-refractivity contribution >= 4 is 32.8 Å². The van der Waals surface area contributed by atoms with E-state index in [1.54, 1.807) is 24.3 Å². The Morgan fingerprint density at radius 3 is 2.70 bits per heavy atom. The van der Waals surface area contributed by atoms with Gasteiger partial charge in [0.05, 0.1) is 17.1 Å². The number of rotatable bonds is 3. The zero-order chi connectivity index (χ0) is 19.2. The molecule has 1 aliphatic heterocycles. The third-order valence-corrected chi connectivity index (χ3v) is 8.08. The molecule has 0 unspecified atom stereocenters. The summed E-state index contributed by atoms with van der Waals surface area (Å²) in [5, 5.41) is 8.13. The molecule has 0 atom stereocenters. The molecule has 2 aromatic heterocycles. The second-order valence-electron chi connectivity index (χ2n) is 6.26. The molecular weight excluding hydrogens is 406 g/mol. The fourth-order valence-electron chi connectivity index (χ4n) is 3.09. The van der Waals surface area contributed by atoms with Gasteiger partial charge in [0.2, 0.25) is 0 Å². The van der Waals surface area contributed by atoms with Gasteiger partial charge in [-0.05, 0) is 49.4 Å². The lowest BCUT2D eigenvalue weighted by Crippen LogP contribution is -2.22. The van der Waals surface area contributed by atoms with Gasteiger partial charge in [-0.15, -0.1) is 11.3 Å². The van der Waals surface area contributed by atoms with Crippen LogP contribution in [0.15, 0.2) is 45.4 Å². The van der Waals surface area contributed by atoms with E-state index in [-0.39, 0.29) is 17.7 Å². The molecule has 9 heteroatoms. The molecule has 0 radical (unpaired) electrons. The van der Waals surface area contributed by atoms with E-state index in [1.807, 2.05) is 13.1 Å². The van der Waals surface area contributed by atoms with Gasteiger partial charge >= 0.3 is 0 Å². The van der Waals surface area contributed by atoms with Crippen molar-refractivity contribution in [2.75, 3.05) is 12.8 Å². The molecule has 0 saturated carbocycles. The lowest BCUT2D eigenvalue weighted by Gasteiger charge is -2.10. The highest BCUT2D eigenvalue weighted by molar-refractivity contribution is 7.93. The van der Waals surface area contributed by atoms with Crippen molar-refractivity contribution in [2.45, 2.75) is 17.2 Å². The number of nitrogens with zero attached hydrogens (tertiary/aromatic N) is 2. The maximum absolute atomic E-state index is 12.7. The van der Waals surface area contributed by atoms with Crippen molar-refractivity contribution in [1.82, 2.24) is 15.1 Å². The number of nitrogens with one attached hydrogen (secondary N) is 1. The zero-order valence-electron chi connectivity index (χ0n) is 14.4. The average molecular weight is 422 g/mol. The molecule has 140 valence electrons. The van der Waals surface area contributed by atoms with Crippen molar-refractivity contribution in [3.8, 4) is 16.9 Å². The fraction of sp³-hybridized carbons (Fsp3) is 0.222. The topological polar surface area (TPSA) is 81.1 Å². The van der Waals surface area contributed by atoms with Crippen LogP contribution in [0.5, 0.6) is 0 Å². The van der Waals surface area contributed by atoms with Gasteiger partial charge in [-0.3, -0.25) is 4.79 Å². The number of thiophene rings is 1. The molecule has 0 fully saturated rings. The van der Waals surface area contributed by atoms with E-state index in [9.17, 15) is 13.2 Å². The van der Waals surface area contributed by atoms with Gasteiger partial charge in [0.15, 0.2) is 9.84 Å². The highest BCUT2D eigenvalue weighted by Crippen LogP contribution is 2.39. The second-order valence-corrected chi connectivity index (χ2v) is 10.1. The van der Waals surface area contributed by atoms with Crippen LogP contribution in [0.25, 0.3) is 16.9 Å². The maximum Gasteiger partial charge on any atom is 0.271 e. The number of fused-ring (bicyclic) bond motifs is 3. The largest absolute Gasteiger partial charge is 0.315 e. The van der Waals surface area contributed by atoms with Crippen LogP contribution >= 0.6 is 22.9 Å². The third kappa shape index (κ3) is 3.34. The van der Waals surface area contributed by atoms with Gasteiger partial charge in [-0.1, -0.05) is 11.6 Å². The van der Waals surface area contributed by atoms with Crippen LogP contribution in [0.4, 0.5) is 0 Å². The Balaban J connectivity index is 1.96. The van der Waals surface area contributed by atoms with E-state index in [2.05, 4.69) is 10.4 Å². The Bertz CT molecular complexity index is 1180. The van der Waals surface area contributed by atoms with E-state index in [0.717, 1.165) is 4.88 Å². The van der Waals surface area contributed by atoms with Gasteiger partial charge in [0, 0.05) is 28.1 Å². The van der Waals surface area contributed by atoms with Crippen LogP contribution in [0, 0.1) is 0 Å². The summed E-state index contributed by atoms with van der Waals surface area (Å²) in [6.45, 7) is 0.569. The van der Waals surface area contributed by atoms with Gasteiger partial charge in [-0.2, -0.15) is 9.78 Å². The molecule has 3 aromatic rings. The number of aromatic nitrogens is 2. The first-order valence-corrected chi connectivity index (χ1v) is 11.1. The lowest BCUT2D eigenvalue weighted by molar-refractivity contribution is 0.598. The molecule has 0 amide bonds. The molecule has 1 N–H and O–H groups in total. The summed E-state index contributed by atoms with van der Waals surface area (Å²) in [7, 11) is -1.61. The number of hydrogen-bond donors (Lipinski definition) is 1. The summed E-state index contributed by atoms with van der Waals surface area (Å²) >= 11 is 7.18. The summed E-state index contributed by atoms with van der Waals surface area (Å²) in [6, 6.07) is 10.1. The van der Waals surface area contributed by atoms with Crippen LogP contribution in [0.2, 0.25) is 5.02 Å². The molecule has 27 heavy (non-hydrogen) atoms. The van der Waals surface area contributed by atoms with Crippen LogP contribution in [-0.2, 0) is 22.8 Å². The van der Waals surface area contributed by atoms with Crippen molar-refractivity contribution < 1.29 is 8.42 Å². The Hall–Kier alpha value is -2.00. The Morgan fingerprint density at radius 2 is 2.00 bits per heavy atom. The molecule has 4 rings (SSSR count). The molecule has 0 bridgehead atoms. The molecule has 0 spiro atoms. The summed E-state index contributed by atoms with van der Waals surface area (Å²) in [5.74, 6) is -0.0292. The standard InChI is InChI=1S/C18H16ClN3O3S2/c1-20-10-14-9-15-17-11(6-7-27(24,25)18(15)26-14)8-16(23)22(21-17)13-4-2-12(19)3-5-13/h2-5,8-9,20H,6-7,10H2,1H3. The van der Waals surface area contributed by atoms with Gasteiger partial charge < -0.3 is 5.32 Å². The molecule has 0 saturated heterocycles. The van der Waals surface area contributed by atoms with E-state index in [1.165, 1.54) is 22.1 Å². The highest BCUT2D eigenvalue weighted by atomic mass is 35.5. The van der Waals surface area contributed by atoms with Crippen LogP contribution in [0.3, 0.4) is 0 Å². The molecule has 1 aliphatic rings. The maximum atomic E-state index is 12.7. The highest BCUT2D eigenvalue weighted by Gasteiger charge is 2.30. The number of aryl methyl sites for hydroxylation is 1. The minimum atomic E-state index is -3.42. The first kappa shape index (κ1) is 18.4. The van der Waals surface area contributed by atoms with Crippen molar-refractivity contribution in [1.29, 1.82) is 0 Å². The SMILES string of the molecule is CNCc1cc2c(s1)S(=O)(=O)CCc1cc(=O)n(-c3ccc(Cl)cc3)nc1-2. The normalized spacial score (nSPS) is 15.0. The lowest BCUT2D eigenvalue weighted by atomic mass is 10.1. The predicted octanol–water partition coefficient (Wildman–Crippen LogP) is 2.66. The first-order valence-electron chi connectivity index (χ1n) is 8.29. The molecular formula is C18H16ClN3O3S2. The van der Waals surface area contributed by atoms with Crippen molar-refractivity contribution in [3.63, 3.8) is 0 Å². The summed E-state index contributed by atoms with van der Waals surface area (Å²) in [5.41, 5.74) is 2.04.